The Bertz CT molecular complexity index is 5410. The van der Waals surface area contributed by atoms with E-state index < -0.39 is 0 Å². The molecule has 0 atom stereocenters. The molecule has 0 radical (unpaired) electrons. The zero-order valence-corrected chi connectivity index (χ0v) is 68.9. The van der Waals surface area contributed by atoms with E-state index in [4.69, 9.17) is 4.74 Å². The van der Waals surface area contributed by atoms with Gasteiger partial charge in [-0.05, 0) is 165 Å². The number of imide groups is 2. The van der Waals surface area contributed by atoms with Gasteiger partial charge in [0, 0.05) is 69.8 Å². The molecule has 15 aromatic rings. The normalized spacial score (nSPS) is 11.6. The summed E-state index contributed by atoms with van der Waals surface area (Å²) in [6, 6.07) is 117. The van der Waals surface area contributed by atoms with Crippen LogP contribution in [0.3, 0.4) is 0 Å². The first kappa shape index (κ1) is 86.9. The standard InChI is InChI=1S/C15H13NO.C14H11NO2.C14H13NO.C14H13NS.C10H9NO2.5C8H8/c1-2-16-13-9-5-3-7-11(13)15(17)12-8-4-6-10-14(12)16;1-2-15-13(16)10-7-3-5-9-6-4-8-11(12(9)10)14(15)17;2*1-2-15-11-7-3-5-9-13(11)16-14-10-6-4-8-12(14)15;1-2-11-9(12)7-5-3-4-6-8(7)10(11)13;5*1-2-8-6-4-3-5-7-8/h3-10H,2H2,1H3;3-8H,2H2,1H3;2*3-10H,2H2,1H3;3-6H,2H2,1H3;5*2-7H,1H2. The molecule has 12 heteroatoms. The average Bonchev–Trinajstić information content (AvgIpc) is 1.67. The molecule has 119 heavy (non-hydrogen) atoms. The number of pyridine rings is 1. The van der Waals surface area contributed by atoms with Crippen LogP contribution in [-0.2, 0) is 6.54 Å². The molecule has 4 aliphatic heterocycles. The van der Waals surface area contributed by atoms with Gasteiger partial charge in [-0.3, -0.25) is 33.8 Å². The Hall–Kier alpha value is -14.5. The first-order chi connectivity index (χ1) is 58.3. The molecular weight excluding hydrogens is 1480 g/mol. The van der Waals surface area contributed by atoms with E-state index in [9.17, 15) is 24.0 Å². The summed E-state index contributed by atoms with van der Waals surface area (Å²) in [5.41, 5.74) is 15.3. The van der Waals surface area contributed by atoms with Crippen LogP contribution in [0.1, 0.15) is 104 Å². The predicted octanol–water partition coefficient (Wildman–Crippen LogP) is 26.8. The number of amides is 4. The smallest absolute Gasteiger partial charge is 0.261 e. The number of para-hydroxylation sites is 8. The molecule has 0 saturated heterocycles. The van der Waals surface area contributed by atoms with Gasteiger partial charge in [-0.15, -0.1) is 0 Å². The van der Waals surface area contributed by atoms with Gasteiger partial charge in [0.2, 0.25) is 0 Å². The summed E-state index contributed by atoms with van der Waals surface area (Å²) in [6.45, 7) is 31.9. The molecule has 11 nitrogen and oxygen atoms in total. The summed E-state index contributed by atoms with van der Waals surface area (Å²) >= 11 is 1.86. The minimum atomic E-state index is -0.193. The van der Waals surface area contributed by atoms with Crippen molar-refractivity contribution in [1.29, 1.82) is 0 Å². The molecular formula is C107H99N5O6S. The molecule has 0 aliphatic carbocycles. The summed E-state index contributed by atoms with van der Waals surface area (Å²) in [6.07, 6.45) is 9.17. The number of hydrogen-bond acceptors (Lipinski definition) is 9. The zero-order chi connectivity index (χ0) is 84.3. The SMILES string of the molecule is C=Cc1ccccc1.C=Cc1ccccc1.C=Cc1ccccc1.C=Cc1ccccc1.C=Cc1ccccc1.CCN1C(=O)c2cccc3cccc(c23)C1=O.CCN1C(=O)c2ccccc2C1=O.CCN1c2ccccc2Oc2ccccc21.CCN1c2ccccc2Sc2ccccc21.CCn1c2ccccc2c(=O)c2ccccc21. The third-order valence-corrected chi connectivity index (χ3v) is 20.6. The number of nitrogens with zero attached hydrogens (tertiary/aromatic N) is 5. The summed E-state index contributed by atoms with van der Waals surface area (Å²) in [7, 11) is 0. The van der Waals surface area contributed by atoms with Crippen LogP contribution in [0.5, 0.6) is 11.5 Å². The summed E-state index contributed by atoms with van der Waals surface area (Å²) in [4.78, 5) is 69.6. The lowest BCUT2D eigenvalue weighted by atomic mass is 9.94. The van der Waals surface area contributed by atoms with Gasteiger partial charge in [0.1, 0.15) is 0 Å². The lowest BCUT2D eigenvalue weighted by Gasteiger charge is -2.31. The van der Waals surface area contributed by atoms with Crippen LogP contribution in [0.2, 0.25) is 0 Å². The molecule has 4 amide bonds. The Labute approximate surface area is 704 Å². The van der Waals surface area contributed by atoms with E-state index in [2.05, 4.69) is 129 Å². The Kier molecular flexibility index (Phi) is 32.9. The number of fused-ring (bicyclic) bond motifs is 7. The highest BCUT2D eigenvalue weighted by molar-refractivity contribution is 7.99. The Morgan fingerprint density at radius 2 is 0.538 bits per heavy atom. The van der Waals surface area contributed by atoms with E-state index in [1.165, 1.54) is 58.8 Å². The Morgan fingerprint density at radius 3 is 0.857 bits per heavy atom. The maximum absolute atomic E-state index is 12.3. The minimum absolute atomic E-state index is 0.126. The summed E-state index contributed by atoms with van der Waals surface area (Å²) in [5.74, 6) is 1.13. The molecule has 0 spiro atoms. The number of aryl methyl sites for hydroxylation is 1. The van der Waals surface area contributed by atoms with Gasteiger partial charge in [0.05, 0.1) is 44.9 Å². The monoisotopic (exact) mass is 1580 g/mol. The maximum Gasteiger partial charge on any atom is 0.261 e. The topological polar surface area (TPSA) is 112 Å². The van der Waals surface area contributed by atoms with Crippen molar-refractivity contribution >= 4 is 121 Å². The van der Waals surface area contributed by atoms with Gasteiger partial charge in [-0.2, -0.15) is 0 Å². The maximum atomic E-state index is 12.3. The second-order valence-corrected chi connectivity index (χ2v) is 27.8. The Morgan fingerprint density at radius 1 is 0.269 bits per heavy atom. The first-order valence-electron chi connectivity index (χ1n) is 39.8. The number of benzene rings is 14. The zero-order valence-electron chi connectivity index (χ0n) is 68.1. The predicted molar refractivity (Wildman–Crippen MR) is 502 cm³/mol. The molecule has 4 aliphatic rings. The minimum Gasteiger partial charge on any atom is -0.453 e. The van der Waals surface area contributed by atoms with Crippen LogP contribution in [0, 0.1) is 0 Å². The fraction of sp³-hybridized carbons (Fsp3) is 0.0935. The molecule has 19 rings (SSSR count). The summed E-state index contributed by atoms with van der Waals surface area (Å²) < 4.78 is 8.05. The van der Waals surface area contributed by atoms with E-state index in [1.807, 2.05) is 310 Å². The number of hydrogen-bond donors (Lipinski definition) is 0. The number of ether oxygens (including phenoxy) is 1. The largest absolute Gasteiger partial charge is 0.453 e. The number of anilines is 4. The van der Waals surface area contributed by atoms with Crippen LogP contribution >= 0.6 is 11.8 Å². The summed E-state index contributed by atoms with van der Waals surface area (Å²) in [5, 5.41) is 3.33. The lowest BCUT2D eigenvalue weighted by Crippen LogP contribution is -2.39. The van der Waals surface area contributed by atoms with Gasteiger partial charge in [0.15, 0.2) is 16.9 Å². The van der Waals surface area contributed by atoms with Crippen molar-refractivity contribution in [3.63, 3.8) is 0 Å². The highest BCUT2D eigenvalue weighted by Crippen LogP contribution is 2.48. The van der Waals surface area contributed by atoms with E-state index >= 15 is 0 Å². The van der Waals surface area contributed by atoms with Crippen molar-refractivity contribution < 1.29 is 23.9 Å². The third kappa shape index (κ3) is 22.4. The molecule has 5 heterocycles. The van der Waals surface area contributed by atoms with Crippen LogP contribution in [0.15, 0.2) is 405 Å². The number of carbonyl (C=O) groups excluding carboxylic acids is 4. The van der Waals surface area contributed by atoms with Gasteiger partial charge < -0.3 is 19.1 Å². The van der Waals surface area contributed by atoms with Crippen LogP contribution in [0.4, 0.5) is 22.7 Å². The highest BCUT2D eigenvalue weighted by atomic mass is 32.2. The highest BCUT2D eigenvalue weighted by Gasteiger charge is 2.34. The van der Waals surface area contributed by atoms with Gasteiger partial charge in [-0.1, -0.05) is 336 Å². The number of aromatic nitrogens is 1. The van der Waals surface area contributed by atoms with Crippen LogP contribution < -0.4 is 20.0 Å². The van der Waals surface area contributed by atoms with Crippen molar-refractivity contribution in [3.8, 4) is 11.5 Å². The van der Waals surface area contributed by atoms with Gasteiger partial charge in [0.25, 0.3) is 23.6 Å². The Balaban J connectivity index is 0.000000141. The van der Waals surface area contributed by atoms with Crippen LogP contribution in [0.25, 0.3) is 63.0 Å². The fourth-order valence-corrected chi connectivity index (χ4v) is 14.6. The third-order valence-electron chi connectivity index (χ3n) is 19.4. The van der Waals surface area contributed by atoms with Crippen molar-refractivity contribution in [2.45, 2.75) is 51.0 Å². The van der Waals surface area contributed by atoms with Gasteiger partial charge >= 0.3 is 0 Å². The van der Waals surface area contributed by atoms with E-state index in [1.54, 1.807) is 43.3 Å². The van der Waals surface area contributed by atoms with Crippen molar-refractivity contribution in [1.82, 2.24) is 14.4 Å². The second-order valence-electron chi connectivity index (χ2n) is 26.7. The van der Waals surface area contributed by atoms with Crippen molar-refractivity contribution in [3.05, 3.63) is 451 Å². The van der Waals surface area contributed by atoms with Gasteiger partial charge in [-0.25, -0.2) is 0 Å². The molecule has 0 unspecified atom stereocenters. The molecule has 0 saturated carbocycles. The quantitative estimate of drug-likeness (QED) is 0.0976. The lowest BCUT2D eigenvalue weighted by molar-refractivity contribution is 0.0614. The molecule has 0 N–H and O–H groups in total. The number of carbonyl (C=O) groups is 4. The average molecular weight is 1580 g/mol. The van der Waals surface area contributed by atoms with E-state index in [0.29, 0.717) is 35.3 Å². The molecule has 1 aromatic heterocycles. The van der Waals surface area contributed by atoms with Crippen molar-refractivity contribution in [2.75, 3.05) is 36.0 Å². The van der Waals surface area contributed by atoms with E-state index in [-0.39, 0.29) is 29.1 Å². The van der Waals surface area contributed by atoms with Crippen LogP contribution in [-0.4, -0.2) is 64.2 Å². The first-order valence-corrected chi connectivity index (χ1v) is 40.6. The molecule has 0 fully saturated rings. The molecule has 0 bridgehead atoms. The second kappa shape index (κ2) is 45.0. The van der Waals surface area contributed by atoms with Crippen molar-refractivity contribution in [2.24, 2.45) is 0 Å². The molecule has 594 valence electrons. The number of rotatable bonds is 10. The molecule has 14 aromatic carbocycles. The fourth-order valence-electron chi connectivity index (χ4n) is 13.5. The van der Waals surface area contributed by atoms with E-state index in [0.717, 1.165) is 75.1 Å².